The number of ether oxygens (including phenoxy) is 1. The van der Waals surface area contributed by atoms with Crippen molar-refractivity contribution in [1.82, 2.24) is 4.98 Å². The van der Waals surface area contributed by atoms with Crippen LogP contribution in [0, 0.1) is 6.92 Å². The van der Waals surface area contributed by atoms with E-state index >= 15 is 0 Å². The molecule has 0 saturated heterocycles. The largest absolute Gasteiger partial charge is 0.484 e. The second-order valence-corrected chi connectivity index (χ2v) is 6.73. The maximum Gasteiger partial charge on any atom is 0.264 e. The highest BCUT2D eigenvalue weighted by Gasteiger charge is 2.08. The number of hydrogen-bond acceptors (Lipinski definition) is 4. The second kappa shape index (κ2) is 6.46. The molecule has 2 aromatic carbocycles. The molecular weight excluding hydrogens is 364 g/mol. The van der Waals surface area contributed by atoms with Gasteiger partial charge in [-0.05, 0) is 48.9 Å². The lowest BCUT2D eigenvalue weighted by molar-refractivity contribution is -0.118. The van der Waals surface area contributed by atoms with Crippen molar-refractivity contribution in [3.63, 3.8) is 0 Å². The third-order valence-electron chi connectivity index (χ3n) is 2.97. The Balaban J connectivity index is 1.61. The number of aromatic nitrogens is 1. The molecule has 1 N–H and O–H groups in total. The van der Waals surface area contributed by atoms with Crippen LogP contribution in [0.1, 0.15) is 5.56 Å². The minimum atomic E-state index is -0.223. The number of aryl methyl sites for hydroxylation is 1. The number of anilines is 1. The minimum absolute atomic E-state index is 0.0451. The number of halogens is 1. The molecule has 0 atom stereocenters. The number of rotatable bonds is 4. The summed E-state index contributed by atoms with van der Waals surface area (Å²) in [6.07, 6.45) is 0. The summed E-state index contributed by atoms with van der Waals surface area (Å²) in [7, 11) is 0. The molecule has 1 aromatic heterocycles. The average Bonchev–Trinajstić information content (AvgIpc) is 2.88. The molecule has 6 heteroatoms. The van der Waals surface area contributed by atoms with E-state index in [1.54, 1.807) is 12.1 Å². The Labute approximate surface area is 140 Å². The van der Waals surface area contributed by atoms with E-state index in [1.807, 2.05) is 31.2 Å². The number of hydrogen-bond donors (Lipinski definition) is 1. The Kier molecular flexibility index (Phi) is 4.40. The van der Waals surface area contributed by atoms with Crippen LogP contribution in [0.4, 0.5) is 5.13 Å². The SMILES string of the molecule is Cc1ccc2nc(NC(=O)COc3ccc(Br)cc3)sc2c1. The Morgan fingerprint density at radius 3 is 2.82 bits per heavy atom. The van der Waals surface area contributed by atoms with Crippen molar-refractivity contribution in [3.8, 4) is 5.75 Å². The first-order chi connectivity index (χ1) is 10.6. The van der Waals surface area contributed by atoms with Crippen molar-refractivity contribution in [2.75, 3.05) is 11.9 Å². The van der Waals surface area contributed by atoms with E-state index in [0.717, 1.165) is 14.7 Å². The van der Waals surface area contributed by atoms with Gasteiger partial charge in [-0.15, -0.1) is 0 Å². The van der Waals surface area contributed by atoms with Gasteiger partial charge in [0.05, 0.1) is 10.2 Å². The number of fused-ring (bicyclic) bond motifs is 1. The van der Waals surface area contributed by atoms with Gasteiger partial charge in [-0.2, -0.15) is 0 Å². The predicted molar refractivity (Wildman–Crippen MR) is 92.6 cm³/mol. The average molecular weight is 377 g/mol. The zero-order chi connectivity index (χ0) is 15.5. The molecule has 112 valence electrons. The summed E-state index contributed by atoms with van der Waals surface area (Å²) in [5, 5.41) is 3.35. The summed E-state index contributed by atoms with van der Waals surface area (Å²) in [5.41, 5.74) is 2.06. The standard InChI is InChI=1S/C16H13BrN2O2S/c1-10-2-7-13-14(8-10)22-16(18-13)19-15(20)9-21-12-5-3-11(17)4-6-12/h2-8H,9H2,1H3,(H,18,19,20). The van der Waals surface area contributed by atoms with E-state index in [-0.39, 0.29) is 12.5 Å². The fraction of sp³-hybridized carbons (Fsp3) is 0.125. The zero-order valence-corrected chi connectivity index (χ0v) is 14.2. The molecule has 0 aliphatic rings. The fourth-order valence-electron chi connectivity index (χ4n) is 1.92. The van der Waals surface area contributed by atoms with Gasteiger partial charge in [0, 0.05) is 4.47 Å². The Hall–Kier alpha value is -1.92. The first kappa shape index (κ1) is 15.0. The van der Waals surface area contributed by atoms with Gasteiger partial charge in [-0.1, -0.05) is 33.3 Å². The van der Waals surface area contributed by atoms with Crippen LogP contribution in [0.15, 0.2) is 46.9 Å². The molecule has 0 fully saturated rings. The summed E-state index contributed by atoms with van der Waals surface area (Å²) < 4.78 is 7.46. The van der Waals surface area contributed by atoms with Gasteiger partial charge in [0.15, 0.2) is 11.7 Å². The maximum atomic E-state index is 11.9. The highest BCUT2D eigenvalue weighted by atomic mass is 79.9. The second-order valence-electron chi connectivity index (χ2n) is 4.78. The van der Waals surface area contributed by atoms with Crippen molar-refractivity contribution < 1.29 is 9.53 Å². The third-order valence-corrected chi connectivity index (χ3v) is 4.44. The van der Waals surface area contributed by atoms with Gasteiger partial charge in [-0.25, -0.2) is 4.98 Å². The van der Waals surface area contributed by atoms with Crippen LogP contribution in [-0.2, 0) is 4.79 Å². The van der Waals surface area contributed by atoms with E-state index in [0.29, 0.717) is 10.9 Å². The van der Waals surface area contributed by atoms with Crippen molar-refractivity contribution in [3.05, 3.63) is 52.5 Å². The lowest BCUT2D eigenvalue weighted by Crippen LogP contribution is -2.19. The van der Waals surface area contributed by atoms with Crippen molar-refractivity contribution >= 4 is 48.5 Å². The van der Waals surface area contributed by atoms with Crippen LogP contribution in [0.5, 0.6) is 5.75 Å². The first-order valence-electron chi connectivity index (χ1n) is 6.65. The summed E-state index contributed by atoms with van der Waals surface area (Å²) in [6, 6.07) is 13.3. The fourth-order valence-corrected chi connectivity index (χ4v) is 3.16. The van der Waals surface area contributed by atoms with Gasteiger partial charge in [-0.3, -0.25) is 10.1 Å². The molecule has 1 heterocycles. The maximum absolute atomic E-state index is 11.9. The minimum Gasteiger partial charge on any atom is -0.484 e. The van der Waals surface area contributed by atoms with Crippen LogP contribution < -0.4 is 10.1 Å². The van der Waals surface area contributed by atoms with Gasteiger partial charge in [0.1, 0.15) is 5.75 Å². The van der Waals surface area contributed by atoms with E-state index in [4.69, 9.17) is 4.74 Å². The first-order valence-corrected chi connectivity index (χ1v) is 8.26. The van der Waals surface area contributed by atoms with Gasteiger partial charge >= 0.3 is 0 Å². The zero-order valence-electron chi connectivity index (χ0n) is 11.8. The Morgan fingerprint density at radius 1 is 1.27 bits per heavy atom. The molecule has 4 nitrogen and oxygen atoms in total. The molecule has 22 heavy (non-hydrogen) atoms. The normalized spacial score (nSPS) is 10.6. The van der Waals surface area contributed by atoms with Crippen molar-refractivity contribution in [1.29, 1.82) is 0 Å². The monoisotopic (exact) mass is 376 g/mol. The number of carbonyl (C=O) groups is 1. The number of nitrogens with zero attached hydrogens (tertiary/aromatic N) is 1. The number of thiazole rings is 1. The molecule has 3 rings (SSSR count). The lowest BCUT2D eigenvalue weighted by Gasteiger charge is -2.05. The molecule has 0 spiro atoms. The number of nitrogens with one attached hydrogen (secondary N) is 1. The number of carbonyl (C=O) groups excluding carboxylic acids is 1. The van der Waals surface area contributed by atoms with E-state index in [1.165, 1.54) is 16.9 Å². The smallest absolute Gasteiger partial charge is 0.264 e. The topological polar surface area (TPSA) is 51.2 Å². The molecule has 0 saturated carbocycles. The lowest BCUT2D eigenvalue weighted by atomic mass is 10.2. The van der Waals surface area contributed by atoms with Gasteiger partial charge in [0.25, 0.3) is 5.91 Å². The van der Waals surface area contributed by atoms with E-state index < -0.39 is 0 Å². The summed E-state index contributed by atoms with van der Waals surface area (Å²) >= 11 is 4.81. The third kappa shape index (κ3) is 3.64. The molecule has 0 bridgehead atoms. The Bertz CT molecular complexity index is 815. The summed E-state index contributed by atoms with van der Waals surface area (Å²) in [5.74, 6) is 0.428. The quantitative estimate of drug-likeness (QED) is 0.734. The van der Waals surface area contributed by atoms with Crippen molar-refractivity contribution in [2.45, 2.75) is 6.92 Å². The number of amides is 1. The predicted octanol–water partition coefficient (Wildman–Crippen LogP) is 4.38. The van der Waals surface area contributed by atoms with Gasteiger partial charge in [0.2, 0.25) is 0 Å². The molecule has 0 radical (unpaired) electrons. The van der Waals surface area contributed by atoms with Crippen LogP contribution in [0.2, 0.25) is 0 Å². The van der Waals surface area contributed by atoms with E-state index in [2.05, 4.69) is 32.3 Å². The van der Waals surface area contributed by atoms with E-state index in [9.17, 15) is 4.79 Å². The van der Waals surface area contributed by atoms with Crippen molar-refractivity contribution in [2.24, 2.45) is 0 Å². The highest BCUT2D eigenvalue weighted by Crippen LogP contribution is 2.26. The summed E-state index contributed by atoms with van der Waals surface area (Å²) in [6.45, 7) is 1.99. The highest BCUT2D eigenvalue weighted by molar-refractivity contribution is 9.10. The summed E-state index contributed by atoms with van der Waals surface area (Å²) in [4.78, 5) is 16.3. The van der Waals surface area contributed by atoms with Crippen LogP contribution in [-0.4, -0.2) is 17.5 Å². The molecule has 3 aromatic rings. The molecule has 0 aliphatic heterocycles. The molecule has 1 amide bonds. The molecule has 0 aliphatic carbocycles. The Morgan fingerprint density at radius 2 is 2.05 bits per heavy atom. The molecule has 0 unspecified atom stereocenters. The number of benzene rings is 2. The van der Waals surface area contributed by atoms with Gasteiger partial charge < -0.3 is 4.74 Å². The van der Waals surface area contributed by atoms with Crippen LogP contribution in [0.25, 0.3) is 10.2 Å². The molecular formula is C16H13BrN2O2S. The van der Waals surface area contributed by atoms with Crippen LogP contribution in [0.3, 0.4) is 0 Å². The van der Waals surface area contributed by atoms with Crippen LogP contribution >= 0.6 is 27.3 Å².